The summed E-state index contributed by atoms with van der Waals surface area (Å²) in [7, 11) is 0. The fraction of sp³-hybridized carbons (Fsp3) is 0.417. The van der Waals surface area contributed by atoms with E-state index < -0.39 is 0 Å². The average molecular weight is 240 g/mol. The van der Waals surface area contributed by atoms with Gasteiger partial charge in [0.05, 0.1) is 0 Å². The monoisotopic (exact) mass is 239 g/mol. The van der Waals surface area contributed by atoms with Crippen LogP contribution >= 0.6 is 12.4 Å². The van der Waals surface area contributed by atoms with Gasteiger partial charge < -0.3 is 5.73 Å². The molecule has 1 fully saturated rings. The van der Waals surface area contributed by atoms with Gasteiger partial charge in [-0.1, -0.05) is 24.3 Å². The topological polar surface area (TPSA) is 53.1 Å². The first kappa shape index (κ1) is 13.0. The maximum atomic E-state index is 7.51. The van der Waals surface area contributed by atoms with Crippen LogP contribution in [0.3, 0.4) is 0 Å². The third-order valence-corrected chi connectivity index (χ3v) is 2.90. The maximum absolute atomic E-state index is 7.51. The molecule has 0 radical (unpaired) electrons. The number of nitrogens with two attached hydrogens (primary N) is 1. The average Bonchev–Trinajstić information content (AvgIpc) is 2.71. The lowest BCUT2D eigenvalue weighted by Crippen LogP contribution is -2.22. The predicted molar refractivity (Wildman–Crippen MR) is 69.2 cm³/mol. The van der Waals surface area contributed by atoms with Gasteiger partial charge in [0.2, 0.25) is 0 Å². The zero-order valence-corrected chi connectivity index (χ0v) is 10.1. The number of nitrogen functional groups attached to an aromatic ring is 1. The Hall–Kier alpha value is -1.06. The quantitative estimate of drug-likeness (QED) is 0.626. The van der Waals surface area contributed by atoms with E-state index in [1.165, 1.54) is 31.5 Å². The predicted octanol–water partition coefficient (Wildman–Crippen LogP) is 1.99. The molecule has 1 heterocycles. The summed E-state index contributed by atoms with van der Waals surface area (Å²) in [6, 6.07) is 7.94. The lowest BCUT2D eigenvalue weighted by molar-refractivity contribution is 0.331. The molecule has 16 heavy (non-hydrogen) atoms. The lowest BCUT2D eigenvalue weighted by Gasteiger charge is -2.16. The van der Waals surface area contributed by atoms with Crippen LogP contribution in [-0.4, -0.2) is 23.8 Å². The minimum absolute atomic E-state index is 0. The summed E-state index contributed by atoms with van der Waals surface area (Å²) in [6.45, 7) is 3.27. The molecule has 0 aromatic heterocycles. The van der Waals surface area contributed by atoms with Crippen molar-refractivity contribution in [2.75, 3.05) is 13.1 Å². The van der Waals surface area contributed by atoms with Crippen LogP contribution in [0.1, 0.15) is 24.0 Å². The van der Waals surface area contributed by atoms with E-state index in [2.05, 4.69) is 11.0 Å². The van der Waals surface area contributed by atoms with Crippen LogP contribution in [0, 0.1) is 5.41 Å². The fourth-order valence-electron chi connectivity index (χ4n) is 2.10. The second-order valence-electron chi connectivity index (χ2n) is 4.05. The van der Waals surface area contributed by atoms with Crippen molar-refractivity contribution in [3.63, 3.8) is 0 Å². The van der Waals surface area contributed by atoms with Crippen LogP contribution in [0.5, 0.6) is 0 Å². The number of halogens is 1. The minimum atomic E-state index is 0. The molecule has 1 saturated heterocycles. The van der Waals surface area contributed by atoms with E-state index in [0.717, 1.165) is 12.1 Å². The summed E-state index contributed by atoms with van der Waals surface area (Å²) in [6.07, 6.45) is 2.59. The van der Waals surface area contributed by atoms with E-state index in [1.54, 1.807) is 0 Å². The molecular weight excluding hydrogens is 222 g/mol. The van der Waals surface area contributed by atoms with Crippen molar-refractivity contribution in [1.82, 2.24) is 4.90 Å². The molecule has 1 aliphatic heterocycles. The summed E-state index contributed by atoms with van der Waals surface area (Å²) in [5.74, 6) is 0.171. The molecule has 0 amide bonds. The summed E-state index contributed by atoms with van der Waals surface area (Å²) in [5, 5.41) is 7.51. The fourth-order valence-corrected chi connectivity index (χ4v) is 2.10. The highest BCUT2D eigenvalue weighted by Crippen LogP contribution is 2.15. The normalized spacial score (nSPS) is 15.8. The largest absolute Gasteiger partial charge is 0.384 e. The smallest absolute Gasteiger partial charge is 0.123 e. The van der Waals surface area contributed by atoms with E-state index in [1.807, 2.05) is 18.2 Å². The van der Waals surface area contributed by atoms with Gasteiger partial charge >= 0.3 is 0 Å². The number of nitrogens with zero attached hydrogens (tertiary/aromatic N) is 1. The van der Waals surface area contributed by atoms with Crippen LogP contribution in [-0.2, 0) is 6.54 Å². The van der Waals surface area contributed by atoms with Crippen LogP contribution in [0.15, 0.2) is 24.3 Å². The SMILES string of the molecule is Cl.N=C(N)c1ccccc1CN1CCCC1. The first-order chi connectivity index (χ1) is 7.27. The summed E-state index contributed by atoms with van der Waals surface area (Å²) < 4.78 is 0. The van der Waals surface area contributed by atoms with E-state index >= 15 is 0 Å². The van der Waals surface area contributed by atoms with E-state index in [-0.39, 0.29) is 18.2 Å². The van der Waals surface area contributed by atoms with Gasteiger partial charge in [-0.3, -0.25) is 10.3 Å². The second-order valence-corrected chi connectivity index (χ2v) is 4.05. The number of hydrogen-bond donors (Lipinski definition) is 2. The van der Waals surface area contributed by atoms with Crippen molar-refractivity contribution in [3.05, 3.63) is 35.4 Å². The summed E-state index contributed by atoms with van der Waals surface area (Å²) >= 11 is 0. The van der Waals surface area contributed by atoms with Gasteiger partial charge in [0.15, 0.2) is 0 Å². The lowest BCUT2D eigenvalue weighted by atomic mass is 10.1. The number of hydrogen-bond acceptors (Lipinski definition) is 2. The van der Waals surface area contributed by atoms with E-state index in [4.69, 9.17) is 11.1 Å². The number of amidine groups is 1. The molecule has 4 heteroatoms. The molecule has 0 atom stereocenters. The molecule has 0 spiro atoms. The second kappa shape index (κ2) is 5.87. The number of nitrogens with one attached hydrogen (secondary N) is 1. The molecule has 0 unspecified atom stereocenters. The van der Waals surface area contributed by atoms with Gasteiger partial charge in [-0.2, -0.15) is 0 Å². The van der Waals surface area contributed by atoms with Crippen molar-refractivity contribution in [2.45, 2.75) is 19.4 Å². The molecule has 2 rings (SSSR count). The molecule has 0 saturated carbocycles. The number of rotatable bonds is 3. The minimum Gasteiger partial charge on any atom is -0.384 e. The highest BCUT2D eigenvalue weighted by atomic mass is 35.5. The molecule has 0 bridgehead atoms. The van der Waals surface area contributed by atoms with Crippen molar-refractivity contribution in [2.24, 2.45) is 5.73 Å². The van der Waals surface area contributed by atoms with Gasteiger partial charge in [-0.25, -0.2) is 0 Å². The highest BCUT2D eigenvalue weighted by Gasteiger charge is 2.13. The number of benzene rings is 1. The van der Waals surface area contributed by atoms with Crippen molar-refractivity contribution in [1.29, 1.82) is 5.41 Å². The summed E-state index contributed by atoms with van der Waals surface area (Å²) in [4.78, 5) is 2.42. The van der Waals surface area contributed by atoms with Gasteiger partial charge in [0.1, 0.15) is 5.84 Å². The Labute approximate surface area is 103 Å². The van der Waals surface area contributed by atoms with Crippen molar-refractivity contribution < 1.29 is 0 Å². The Morgan fingerprint density at radius 1 is 1.25 bits per heavy atom. The van der Waals surface area contributed by atoms with Crippen LogP contribution in [0.25, 0.3) is 0 Å². The van der Waals surface area contributed by atoms with E-state index in [9.17, 15) is 0 Å². The Morgan fingerprint density at radius 2 is 1.88 bits per heavy atom. The first-order valence-electron chi connectivity index (χ1n) is 5.42. The van der Waals surface area contributed by atoms with Crippen molar-refractivity contribution in [3.8, 4) is 0 Å². The molecule has 0 aliphatic carbocycles. The van der Waals surface area contributed by atoms with Crippen LogP contribution in [0.2, 0.25) is 0 Å². The van der Waals surface area contributed by atoms with Crippen LogP contribution in [0.4, 0.5) is 0 Å². The molecule has 3 N–H and O–H groups in total. The van der Waals surface area contributed by atoms with Crippen molar-refractivity contribution >= 4 is 18.2 Å². The molecule has 88 valence electrons. The maximum Gasteiger partial charge on any atom is 0.123 e. The Bertz CT molecular complexity index is 359. The summed E-state index contributed by atoms with van der Waals surface area (Å²) in [5.41, 5.74) is 7.61. The standard InChI is InChI=1S/C12H17N3.ClH/c13-12(14)11-6-2-1-5-10(11)9-15-7-3-4-8-15;/h1-2,5-6H,3-4,7-9H2,(H3,13,14);1H. The third-order valence-electron chi connectivity index (χ3n) is 2.90. The Morgan fingerprint density at radius 3 is 2.50 bits per heavy atom. The van der Waals surface area contributed by atoms with Gasteiger partial charge in [0.25, 0.3) is 0 Å². The van der Waals surface area contributed by atoms with Crippen LogP contribution < -0.4 is 5.73 Å². The molecular formula is C12H18ClN3. The zero-order valence-electron chi connectivity index (χ0n) is 9.28. The molecule has 1 aliphatic rings. The van der Waals surface area contributed by atoms with E-state index in [0.29, 0.717) is 0 Å². The number of likely N-dealkylation sites (tertiary alicyclic amines) is 1. The molecule has 1 aromatic rings. The zero-order chi connectivity index (χ0) is 10.7. The Kier molecular flexibility index (Phi) is 4.77. The Balaban J connectivity index is 0.00000128. The van der Waals surface area contributed by atoms with Gasteiger partial charge in [-0.15, -0.1) is 12.4 Å². The first-order valence-corrected chi connectivity index (χ1v) is 5.42. The molecule has 3 nitrogen and oxygen atoms in total. The van der Waals surface area contributed by atoms with Gasteiger partial charge in [0, 0.05) is 12.1 Å². The van der Waals surface area contributed by atoms with Gasteiger partial charge in [-0.05, 0) is 31.5 Å². The third kappa shape index (κ3) is 2.97. The highest BCUT2D eigenvalue weighted by molar-refractivity contribution is 5.96. The molecule has 1 aromatic carbocycles.